The third-order valence-electron chi connectivity index (χ3n) is 7.74. The summed E-state index contributed by atoms with van der Waals surface area (Å²) >= 11 is -1.93. The average Bonchev–Trinajstić information content (AvgIpc) is 2.64. The fraction of sp³-hybridized carbons (Fsp3) is 0.560. The monoisotopic (exact) mass is 421 g/mol. The molecule has 0 N–H and O–H groups in total. The van der Waals surface area contributed by atoms with E-state index in [0.717, 1.165) is 29.6 Å². The van der Waals surface area contributed by atoms with Crippen molar-refractivity contribution in [3.05, 3.63) is 48.2 Å². The van der Waals surface area contributed by atoms with Crippen molar-refractivity contribution in [2.45, 2.75) is 55.8 Å². The average molecular weight is 420 g/mol. The Kier molecular flexibility index (Phi) is 4.50. The van der Waals surface area contributed by atoms with Gasteiger partial charge in [0, 0.05) is 0 Å². The summed E-state index contributed by atoms with van der Waals surface area (Å²) < 4.78 is 1.64. The Bertz CT molecular complexity index is 792. The second kappa shape index (κ2) is 6.76. The fourth-order valence-electron chi connectivity index (χ4n) is 6.73. The molecule has 6 rings (SSSR count). The summed E-state index contributed by atoms with van der Waals surface area (Å²) in [7, 11) is 0. The molecule has 0 radical (unpaired) electrons. The number of benzene rings is 1. The summed E-state index contributed by atoms with van der Waals surface area (Å²) in [6.45, 7) is 0. The molecule has 0 spiro atoms. The van der Waals surface area contributed by atoms with E-state index in [-0.39, 0.29) is 0 Å². The molecule has 4 saturated carbocycles. The van der Waals surface area contributed by atoms with E-state index in [0.29, 0.717) is 0 Å². The Labute approximate surface area is 167 Å². The molecule has 0 amide bonds. The van der Waals surface area contributed by atoms with E-state index in [1.54, 1.807) is 16.4 Å². The first-order valence-electron chi connectivity index (χ1n) is 11.0. The van der Waals surface area contributed by atoms with Gasteiger partial charge in [-0.3, -0.25) is 0 Å². The summed E-state index contributed by atoms with van der Waals surface area (Å²) in [4.78, 5) is 4.91. The van der Waals surface area contributed by atoms with Crippen LogP contribution in [0.2, 0.25) is 17.3 Å². The van der Waals surface area contributed by atoms with Gasteiger partial charge in [0.15, 0.2) is 0 Å². The molecule has 4 fully saturated rings. The molecule has 0 saturated heterocycles. The number of aromatic nitrogens is 1. The van der Waals surface area contributed by atoms with E-state index in [2.05, 4.69) is 59.9 Å². The molecule has 2 aromatic rings. The summed E-state index contributed by atoms with van der Waals surface area (Å²) in [6, 6.07) is 13.2. The van der Waals surface area contributed by atoms with E-state index < -0.39 is 13.3 Å². The van der Waals surface area contributed by atoms with E-state index in [1.165, 1.54) is 43.4 Å². The van der Waals surface area contributed by atoms with Gasteiger partial charge in [0.25, 0.3) is 0 Å². The van der Waals surface area contributed by atoms with E-state index in [4.69, 9.17) is 4.98 Å². The molecule has 4 aliphatic rings. The van der Waals surface area contributed by atoms with Gasteiger partial charge in [-0.1, -0.05) is 0 Å². The normalized spacial score (nSPS) is 32.0. The summed E-state index contributed by atoms with van der Waals surface area (Å²) in [6.07, 6.45) is 11.2. The van der Waals surface area contributed by atoms with Crippen LogP contribution in [0.15, 0.2) is 42.6 Å². The number of nitrogens with zero attached hydrogens (tertiary/aromatic N) is 1. The van der Waals surface area contributed by atoms with Crippen molar-refractivity contribution in [2.24, 2.45) is 29.6 Å². The summed E-state index contributed by atoms with van der Waals surface area (Å²) in [5.41, 5.74) is 4.08. The quantitative estimate of drug-likeness (QED) is 0.561. The van der Waals surface area contributed by atoms with E-state index >= 15 is 0 Å². The van der Waals surface area contributed by atoms with Gasteiger partial charge in [-0.25, -0.2) is 0 Å². The van der Waals surface area contributed by atoms with Crippen molar-refractivity contribution in [1.82, 2.24) is 4.98 Å². The standard InChI is InChI=1S/C25H33GeN/c1-26(2,3)24-16-27-25(19-7-5-4-6-8-19)15-22(24)14-23-20-10-17-9-18(12-20)13-21(23)11-17/h4-8,15-18,20-21,23H,9-14H2,1-3H3. The zero-order chi connectivity index (χ0) is 18.6. The third-order valence-corrected chi connectivity index (χ3v) is 12.1. The zero-order valence-electron chi connectivity index (χ0n) is 17.1. The number of pyridine rings is 1. The van der Waals surface area contributed by atoms with E-state index in [9.17, 15) is 0 Å². The molecule has 1 heterocycles. The van der Waals surface area contributed by atoms with Crippen LogP contribution in [-0.2, 0) is 6.42 Å². The predicted octanol–water partition coefficient (Wildman–Crippen LogP) is 5.91. The van der Waals surface area contributed by atoms with Crippen LogP contribution >= 0.6 is 0 Å². The van der Waals surface area contributed by atoms with Crippen LogP contribution < -0.4 is 4.40 Å². The Balaban J connectivity index is 1.50. The van der Waals surface area contributed by atoms with Crippen LogP contribution in [0.4, 0.5) is 0 Å². The van der Waals surface area contributed by atoms with Gasteiger partial charge in [0.2, 0.25) is 0 Å². The van der Waals surface area contributed by atoms with Gasteiger partial charge in [0.05, 0.1) is 0 Å². The second-order valence-electron chi connectivity index (χ2n) is 10.6. The zero-order valence-corrected chi connectivity index (χ0v) is 19.2. The molecular weight excluding hydrogens is 387 g/mol. The van der Waals surface area contributed by atoms with Gasteiger partial charge in [-0.2, -0.15) is 0 Å². The molecule has 0 atom stereocenters. The summed E-state index contributed by atoms with van der Waals surface area (Å²) in [5, 5.41) is 0. The fourth-order valence-corrected chi connectivity index (χ4v) is 10.1. The van der Waals surface area contributed by atoms with Crippen molar-refractivity contribution < 1.29 is 0 Å². The Morgan fingerprint density at radius 1 is 0.889 bits per heavy atom. The maximum absolute atomic E-state index is 4.91. The number of hydrogen-bond acceptors (Lipinski definition) is 1. The molecular formula is C25H33GeN. The number of hydrogen-bond donors (Lipinski definition) is 0. The SMILES string of the molecule is [CH3][Ge]([CH3])([CH3])[c]1cnc(-c2ccccc2)cc1CC1C2CC3CC(C2)CC1C3. The number of rotatable bonds is 4. The molecule has 1 nitrogen and oxygen atoms in total. The van der Waals surface area contributed by atoms with E-state index in [1.807, 2.05) is 0 Å². The van der Waals surface area contributed by atoms with Crippen molar-refractivity contribution in [3.63, 3.8) is 0 Å². The topological polar surface area (TPSA) is 12.9 Å². The molecule has 4 aliphatic carbocycles. The first-order valence-corrected chi connectivity index (χ1v) is 18.4. The Morgan fingerprint density at radius 3 is 2.11 bits per heavy atom. The van der Waals surface area contributed by atoms with Crippen LogP contribution in [0.25, 0.3) is 11.3 Å². The van der Waals surface area contributed by atoms with Gasteiger partial charge < -0.3 is 0 Å². The molecule has 4 bridgehead atoms. The van der Waals surface area contributed by atoms with Crippen LogP contribution in [0.3, 0.4) is 0 Å². The van der Waals surface area contributed by atoms with Gasteiger partial charge >= 0.3 is 167 Å². The second-order valence-corrected chi connectivity index (χ2v) is 21.2. The molecule has 2 heteroatoms. The van der Waals surface area contributed by atoms with Gasteiger partial charge in [-0.05, 0) is 0 Å². The molecule has 0 unspecified atom stereocenters. The van der Waals surface area contributed by atoms with Crippen molar-refractivity contribution >= 4 is 17.7 Å². The van der Waals surface area contributed by atoms with Crippen LogP contribution in [-0.4, -0.2) is 18.3 Å². The predicted molar refractivity (Wildman–Crippen MR) is 117 cm³/mol. The van der Waals surface area contributed by atoms with Crippen molar-refractivity contribution in [1.29, 1.82) is 0 Å². The van der Waals surface area contributed by atoms with Gasteiger partial charge in [0.1, 0.15) is 0 Å². The Hall–Kier alpha value is -1.09. The minimum absolute atomic E-state index is 0.937. The first-order chi connectivity index (χ1) is 13.0. The summed E-state index contributed by atoms with van der Waals surface area (Å²) in [5.74, 6) is 12.7. The molecule has 27 heavy (non-hydrogen) atoms. The minimum atomic E-state index is -1.93. The van der Waals surface area contributed by atoms with Crippen LogP contribution in [0.1, 0.15) is 37.7 Å². The Morgan fingerprint density at radius 2 is 1.52 bits per heavy atom. The van der Waals surface area contributed by atoms with Crippen molar-refractivity contribution in [2.75, 3.05) is 0 Å². The molecule has 0 aliphatic heterocycles. The molecule has 142 valence electrons. The first kappa shape index (κ1) is 18.0. The van der Waals surface area contributed by atoms with Crippen molar-refractivity contribution in [3.8, 4) is 11.3 Å². The molecule has 1 aromatic heterocycles. The third kappa shape index (κ3) is 3.41. The molecule has 1 aromatic carbocycles. The maximum atomic E-state index is 4.91. The van der Waals surface area contributed by atoms with Crippen LogP contribution in [0, 0.1) is 29.6 Å². The van der Waals surface area contributed by atoms with Crippen LogP contribution in [0.5, 0.6) is 0 Å². The van der Waals surface area contributed by atoms with Gasteiger partial charge in [-0.15, -0.1) is 0 Å².